The largest absolute Gasteiger partial charge is 0.481 e. The van der Waals surface area contributed by atoms with Crippen LogP contribution in [0.25, 0.3) is 0 Å². The fourth-order valence-electron chi connectivity index (χ4n) is 1.01. The Morgan fingerprint density at radius 3 is 2.80 bits per heavy atom. The first kappa shape index (κ1) is 11.0. The molecule has 0 aliphatic heterocycles. The first-order valence-electron chi connectivity index (χ1n) is 4.19. The van der Waals surface area contributed by atoms with E-state index in [2.05, 4.69) is 14.7 Å². The zero-order chi connectivity index (χ0) is 11.4. The molecule has 0 aliphatic rings. The van der Waals surface area contributed by atoms with Crippen molar-refractivity contribution in [3.63, 3.8) is 0 Å². The van der Waals surface area contributed by atoms with Gasteiger partial charge in [0.2, 0.25) is 0 Å². The maximum atomic E-state index is 11.3. The minimum atomic E-state index is -1.01. The number of carbonyl (C=O) groups excluding carboxylic acids is 1. The molecular weight excluding hydrogens is 204 g/mol. The van der Waals surface area contributed by atoms with Gasteiger partial charge in [0.05, 0.1) is 6.42 Å². The van der Waals surface area contributed by atoms with E-state index in [0.717, 1.165) is 6.26 Å². The number of carboxylic acid groups (broad SMARTS) is 1. The summed E-state index contributed by atoms with van der Waals surface area (Å²) >= 11 is 0. The molecule has 0 radical (unpaired) electrons. The lowest BCUT2D eigenvalue weighted by atomic mass is 10.2. The molecule has 3 N–H and O–H groups in total. The summed E-state index contributed by atoms with van der Waals surface area (Å²) in [5.74, 6) is -2.32. The number of rotatable bonds is 4. The average Bonchev–Trinajstić information content (AvgIpc) is 2.49. The van der Waals surface area contributed by atoms with Gasteiger partial charge in [-0.3, -0.25) is 14.6 Å². The van der Waals surface area contributed by atoms with Crippen molar-refractivity contribution in [2.24, 2.45) is 0 Å². The van der Waals surface area contributed by atoms with Crippen molar-refractivity contribution < 1.29 is 19.1 Å². The molecule has 0 fully saturated rings. The van der Waals surface area contributed by atoms with Crippen molar-refractivity contribution in [2.75, 3.05) is 0 Å². The summed E-state index contributed by atoms with van der Waals surface area (Å²) < 4.78 is 4.36. The molecule has 1 aromatic heterocycles. The molecule has 1 unspecified atom stereocenters. The Morgan fingerprint density at radius 1 is 1.67 bits per heavy atom. The van der Waals surface area contributed by atoms with Gasteiger partial charge in [-0.25, -0.2) is 4.79 Å². The minimum Gasteiger partial charge on any atom is -0.481 e. The number of carboxylic acids is 1. The highest BCUT2D eigenvalue weighted by Crippen LogP contribution is 1.95. The molecule has 82 valence electrons. The highest BCUT2D eigenvalue weighted by atomic mass is 16.4. The average molecular weight is 214 g/mol. The number of nitrogens with one attached hydrogen (secondary N) is 2. The van der Waals surface area contributed by atoms with E-state index in [1.807, 2.05) is 0 Å². The van der Waals surface area contributed by atoms with Crippen molar-refractivity contribution in [3.8, 4) is 0 Å². The molecule has 7 heteroatoms. The predicted octanol–water partition coefficient (Wildman–Crippen LogP) is -0.439. The van der Waals surface area contributed by atoms with Crippen LogP contribution < -0.4 is 11.1 Å². The van der Waals surface area contributed by atoms with Crippen LogP contribution in [0, 0.1) is 0 Å². The second-order valence-electron chi connectivity index (χ2n) is 3.03. The van der Waals surface area contributed by atoms with Crippen LogP contribution in [0.5, 0.6) is 0 Å². The lowest BCUT2D eigenvalue weighted by Crippen LogP contribution is -2.34. The van der Waals surface area contributed by atoms with Gasteiger partial charge in [-0.05, 0) is 6.92 Å². The fourth-order valence-corrected chi connectivity index (χ4v) is 1.01. The molecule has 15 heavy (non-hydrogen) atoms. The van der Waals surface area contributed by atoms with Crippen molar-refractivity contribution in [2.45, 2.75) is 19.4 Å². The third-order valence-electron chi connectivity index (χ3n) is 1.62. The van der Waals surface area contributed by atoms with Crippen LogP contribution >= 0.6 is 0 Å². The molecule has 0 saturated heterocycles. The highest BCUT2D eigenvalue weighted by molar-refractivity contribution is 5.92. The number of aromatic nitrogens is 1. The second kappa shape index (κ2) is 4.45. The summed E-state index contributed by atoms with van der Waals surface area (Å²) in [6.07, 6.45) is 0.791. The summed E-state index contributed by atoms with van der Waals surface area (Å²) in [5.41, 5.74) is -0.0303. The number of carbonyl (C=O) groups is 2. The van der Waals surface area contributed by atoms with Gasteiger partial charge in [0, 0.05) is 6.04 Å². The quantitative estimate of drug-likeness (QED) is 0.629. The molecule has 1 heterocycles. The van der Waals surface area contributed by atoms with Crippen LogP contribution in [0.2, 0.25) is 0 Å². The van der Waals surface area contributed by atoms with Gasteiger partial charge in [0.1, 0.15) is 12.0 Å². The van der Waals surface area contributed by atoms with Gasteiger partial charge in [-0.15, -0.1) is 0 Å². The number of H-pyrrole nitrogens is 1. The molecule has 1 rings (SSSR count). The summed E-state index contributed by atoms with van der Waals surface area (Å²) in [7, 11) is 0. The topological polar surface area (TPSA) is 112 Å². The fraction of sp³-hybridized carbons (Fsp3) is 0.375. The number of aliphatic carboxylic acids is 1. The molecule has 7 nitrogen and oxygen atoms in total. The normalized spacial score (nSPS) is 12.1. The first-order chi connectivity index (χ1) is 6.99. The standard InChI is InChI=1S/C8H10N2O5/c1-4(2-6(11)12)9-7(13)5-3-15-8(14)10-5/h3-4H,2H2,1H3,(H,9,13)(H,10,14)(H,11,12). The van der Waals surface area contributed by atoms with Crippen LogP contribution in [0.4, 0.5) is 0 Å². The van der Waals surface area contributed by atoms with E-state index in [-0.39, 0.29) is 12.1 Å². The smallest absolute Gasteiger partial charge is 0.416 e. The van der Waals surface area contributed by atoms with E-state index in [9.17, 15) is 14.4 Å². The minimum absolute atomic E-state index is 0.0303. The summed E-state index contributed by atoms with van der Waals surface area (Å²) in [4.78, 5) is 34.3. The maximum absolute atomic E-state index is 11.3. The zero-order valence-corrected chi connectivity index (χ0v) is 7.94. The molecule has 0 saturated carbocycles. The second-order valence-corrected chi connectivity index (χ2v) is 3.03. The van der Waals surface area contributed by atoms with E-state index in [4.69, 9.17) is 5.11 Å². The molecule has 1 aromatic rings. The Kier molecular flexibility index (Phi) is 3.27. The Morgan fingerprint density at radius 2 is 2.33 bits per heavy atom. The molecule has 1 amide bonds. The molecule has 0 aromatic carbocycles. The van der Waals surface area contributed by atoms with E-state index < -0.39 is 23.7 Å². The lowest BCUT2D eigenvalue weighted by molar-refractivity contribution is -0.137. The third kappa shape index (κ3) is 3.29. The third-order valence-corrected chi connectivity index (χ3v) is 1.62. The van der Waals surface area contributed by atoms with Crippen molar-refractivity contribution in [3.05, 3.63) is 22.5 Å². The molecular formula is C8H10N2O5. The Balaban J connectivity index is 2.56. The molecule has 1 atom stereocenters. The first-order valence-corrected chi connectivity index (χ1v) is 4.19. The van der Waals surface area contributed by atoms with Crippen molar-refractivity contribution in [1.29, 1.82) is 0 Å². The van der Waals surface area contributed by atoms with Gasteiger partial charge in [-0.1, -0.05) is 0 Å². The van der Waals surface area contributed by atoms with Crippen LogP contribution in [0.15, 0.2) is 15.5 Å². The Bertz CT molecular complexity index is 419. The summed E-state index contributed by atoms with van der Waals surface area (Å²) in [6.45, 7) is 1.55. The summed E-state index contributed by atoms with van der Waals surface area (Å²) in [5, 5.41) is 10.8. The predicted molar refractivity (Wildman–Crippen MR) is 48.5 cm³/mol. The molecule has 0 spiro atoms. The van der Waals surface area contributed by atoms with E-state index in [1.165, 1.54) is 0 Å². The van der Waals surface area contributed by atoms with Gasteiger partial charge in [-0.2, -0.15) is 0 Å². The Labute approximate surface area is 84.1 Å². The lowest BCUT2D eigenvalue weighted by Gasteiger charge is -2.09. The van der Waals surface area contributed by atoms with Crippen LogP contribution in [0.3, 0.4) is 0 Å². The molecule has 0 aliphatic carbocycles. The number of hydrogen-bond donors (Lipinski definition) is 3. The van der Waals surface area contributed by atoms with Gasteiger partial charge < -0.3 is 14.8 Å². The molecule has 0 bridgehead atoms. The monoisotopic (exact) mass is 214 g/mol. The van der Waals surface area contributed by atoms with E-state index in [0.29, 0.717) is 0 Å². The number of aromatic amines is 1. The van der Waals surface area contributed by atoms with Crippen molar-refractivity contribution in [1.82, 2.24) is 10.3 Å². The Hall–Kier alpha value is -2.05. The van der Waals surface area contributed by atoms with Crippen LogP contribution in [-0.2, 0) is 4.79 Å². The van der Waals surface area contributed by atoms with Gasteiger partial charge in [0.15, 0.2) is 0 Å². The maximum Gasteiger partial charge on any atom is 0.416 e. The van der Waals surface area contributed by atoms with Crippen LogP contribution in [0.1, 0.15) is 23.8 Å². The number of oxazole rings is 1. The number of amides is 1. The SMILES string of the molecule is CC(CC(=O)O)NC(=O)c1coc(=O)[nH]1. The van der Waals surface area contributed by atoms with E-state index in [1.54, 1.807) is 6.92 Å². The van der Waals surface area contributed by atoms with Crippen LogP contribution in [-0.4, -0.2) is 28.0 Å². The summed E-state index contributed by atoms with van der Waals surface area (Å²) in [6, 6.07) is -0.520. The highest BCUT2D eigenvalue weighted by Gasteiger charge is 2.14. The van der Waals surface area contributed by atoms with Gasteiger partial charge >= 0.3 is 11.7 Å². The van der Waals surface area contributed by atoms with Crippen molar-refractivity contribution >= 4 is 11.9 Å². The zero-order valence-electron chi connectivity index (χ0n) is 7.94. The van der Waals surface area contributed by atoms with E-state index >= 15 is 0 Å². The number of hydrogen-bond acceptors (Lipinski definition) is 4. The van der Waals surface area contributed by atoms with Gasteiger partial charge in [0.25, 0.3) is 5.91 Å².